The lowest BCUT2D eigenvalue weighted by Crippen LogP contribution is -2.40. The standard InChI is InChI=1S/C10H14N2O3/c1-3-5-11-9(13)7-12(6-4-2)8-10(14)15/h2-3H,1,5-8H2,(H,11,13)(H,14,15). The Hall–Kier alpha value is -1.80. The molecule has 0 saturated heterocycles. The van der Waals surface area contributed by atoms with E-state index in [9.17, 15) is 9.59 Å². The van der Waals surface area contributed by atoms with Crippen molar-refractivity contribution >= 4 is 11.9 Å². The highest BCUT2D eigenvalue weighted by molar-refractivity contribution is 5.79. The number of rotatable bonds is 7. The van der Waals surface area contributed by atoms with Crippen LogP contribution in [0.25, 0.3) is 0 Å². The van der Waals surface area contributed by atoms with E-state index in [4.69, 9.17) is 11.5 Å². The van der Waals surface area contributed by atoms with Crippen LogP contribution < -0.4 is 5.32 Å². The molecule has 0 radical (unpaired) electrons. The van der Waals surface area contributed by atoms with Crippen molar-refractivity contribution in [1.82, 2.24) is 10.2 Å². The largest absolute Gasteiger partial charge is 0.480 e. The summed E-state index contributed by atoms with van der Waals surface area (Å²) in [6.45, 7) is 3.66. The van der Waals surface area contributed by atoms with Gasteiger partial charge < -0.3 is 10.4 Å². The average molecular weight is 210 g/mol. The Morgan fingerprint density at radius 2 is 2.20 bits per heavy atom. The molecule has 0 aliphatic heterocycles. The molecule has 2 N–H and O–H groups in total. The molecule has 0 bridgehead atoms. The molecule has 0 aromatic carbocycles. The van der Waals surface area contributed by atoms with Gasteiger partial charge in [0.05, 0.1) is 19.6 Å². The van der Waals surface area contributed by atoms with Crippen molar-refractivity contribution < 1.29 is 14.7 Å². The van der Waals surface area contributed by atoms with Crippen molar-refractivity contribution in [3.05, 3.63) is 12.7 Å². The zero-order valence-electron chi connectivity index (χ0n) is 8.40. The van der Waals surface area contributed by atoms with Crippen molar-refractivity contribution in [1.29, 1.82) is 0 Å². The van der Waals surface area contributed by atoms with E-state index in [1.165, 1.54) is 4.90 Å². The van der Waals surface area contributed by atoms with Gasteiger partial charge in [0.25, 0.3) is 0 Å². The van der Waals surface area contributed by atoms with E-state index in [1.54, 1.807) is 6.08 Å². The summed E-state index contributed by atoms with van der Waals surface area (Å²) in [6.07, 6.45) is 6.59. The molecule has 0 aromatic heterocycles. The highest BCUT2D eigenvalue weighted by Crippen LogP contribution is 1.87. The number of nitrogens with one attached hydrogen (secondary N) is 1. The zero-order valence-corrected chi connectivity index (χ0v) is 8.40. The smallest absolute Gasteiger partial charge is 0.317 e. The van der Waals surface area contributed by atoms with Gasteiger partial charge in [0, 0.05) is 6.54 Å². The van der Waals surface area contributed by atoms with Crippen LogP contribution in [-0.4, -0.2) is 48.1 Å². The highest BCUT2D eigenvalue weighted by atomic mass is 16.4. The second kappa shape index (κ2) is 7.59. The first-order valence-electron chi connectivity index (χ1n) is 4.35. The first-order valence-corrected chi connectivity index (χ1v) is 4.35. The van der Waals surface area contributed by atoms with Crippen molar-refractivity contribution in [2.75, 3.05) is 26.2 Å². The number of carbonyl (C=O) groups excluding carboxylic acids is 1. The lowest BCUT2D eigenvalue weighted by Gasteiger charge is -2.16. The molecule has 82 valence electrons. The van der Waals surface area contributed by atoms with E-state index in [-0.39, 0.29) is 25.5 Å². The molecule has 0 unspecified atom stereocenters. The zero-order chi connectivity index (χ0) is 11.7. The number of terminal acetylenes is 1. The van der Waals surface area contributed by atoms with Crippen LogP contribution in [-0.2, 0) is 9.59 Å². The fourth-order valence-corrected chi connectivity index (χ4v) is 0.933. The van der Waals surface area contributed by atoms with Gasteiger partial charge in [-0.3, -0.25) is 14.5 Å². The van der Waals surface area contributed by atoms with Crippen LogP contribution >= 0.6 is 0 Å². The van der Waals surface area contributed by atoms with E-state index >= 15 is 0 Å². The Bertz CT molecular complexity index is 281. The van der Waals surface area contributed by atoms with Crippen LogP contribution in [0, 0.1) is 12.3 Å². The normalized spacial score (nSPS) is 9.33. The molecular weight excluding hydrogens is 196 g/mol. The number of hydrogen-bond acceptors (Lipinski definition) is 3. The van der Waals surface area contributed by atoms with Crippen molar-refractivity contribution in [3.63, 3.8) is 0 Å². The maximum absolute atomic E-state index is 11.2. The molecule has 0 atom stereocenters. The van der Waals surface area contributed by atoms with Gasteiger partial charge in [0.1, 0.15) is 0 Å². The van der Waals surface area contributed by atoms with Gasteiger partial charge in [-0.2, -0.15) is 0 Å². The van der Waals surface area contributed by atoms with Crippen molar-refractivity contribution in [2.45, 2.75) is 0 Å². The fourth-order valence-electron chi connectivity index (χ4n) is 0.933. The van der Waals surface area contributed by atoms with Gasteiger partial charge >= 0.3 is 5.97 Å². The molecule has 0 aromatic rings. The van der Waals surface area contributed by atoms with E-state index in [0.29, 0.717) is 6.54 Å². The summed E-state index contributed by atoms with van der Waals surface area (Å²) >= 11 is 0. The summed E-state index contributed by atoms with van der Waals surface area (Å²) in [7, 11) is 0. The Morgan fingerprint density at radius 3 is 2.67 bits per heavy atom. The number of carboxylic acids is 1. The molecule has 0 saturated carbocycles. The summed E-state index contributed by atoms with van der Waals surface area (Å²) in [5.74, 6) is 1.01. The lowest BCUT2D eigenvalue weighted by atomic mass is 10.4. The van der Waals surface area contributed by atoms with Gasteiger partial charge in [-0.05, 0) is 0 Å². The quantitative estimate of drug-likeness (QED) is 0.431. The molecule has 0 fully saturated rings. The summed E-state index contributed by atoms with van der Waals surface area (Å²) in [6, 6.07) is 0. The Balaban J connectivity index is 4.04. The maximum atomic E-state index is 11.2. The summed E-state index contributed by atoms with van der Waals surface area (Å²) in [5.41, 5.74) is 0. The molecule has 0 rings (SSSR count). The second-order valence-electron chi connectivity index (χ2n) is 2.84. The van der Waals surface area contributed by atoms with Crippen LogP contribution in [0.5, 0.6) is 0 Å². The molecule has 0 spiro atoms. The van der Waals surface area contributed by atoms with Crippen LogP contribution in [0.4, 0.5) is 0 Å². The van der Waals surface area contributed by atoms with Crippen LogP contribution in [0.1, 0.15) is 0 Å². The third-order valence-electron chi connectivity index (χ3n) is 1.48. The summed E-state index contributed by atoms with van der Waals surface area (Å²) < 4.78 is 0. The third kappa shape index (κ3) is 7.28. The number of carboxylic acid groups (broad SMARTS) is 1. The van der Waals surface area contributed by atoms with Crippen LogP contribution in [0.2, 0.25) is 0 Å². The van der Waals surface area contributed by atoms with Gasteiger partial charge in [0.2, 0.25) is 5.91 Å². The molecule has 5 heteroatoms. The number of carbonyl (C=O) groups is 2. The minimum Gasteiger partial charge on any atom is -0.480 e. The maximum Gasteiger partial charge on any atom is 0.317 e. The van der Waals surface area contributed by atoms with E-state index in [2.05, 4.69) is 17.8 Å². The van der Waals surface area contributed by atoms with Crippen molar-refractivity contribution in [2.24, 2.45) is 0 Å². The van der Waals surface area contributed by atoms with Gasteiger partial charge in [-0.25, -0.2) is 0 Å². The number of amides is 1. The monoisotopic (exact) mass is 210 g/mol. The Morgan fingerprint density at radius 1 is 1.53 bits per heavy atom. The number of nitrogens with zero attached hydrogens (tertiary/aromatic N) is 1. The van der Waals surface area contributed by atoms with Gasteiger partial charge in [0.15, 0.2) is 0 Å². The molecule has 15 heavy (non-hydrogen) atoms. The fraction of sp³-hybridized carbons (Fsp3) is 0.400. The summed E-state index contributed by atoms with van der Waals surface area (Å²) in [5, 5.41) is 11.1. The van der Waals surface area contributed by atoms with E-state index < -0.39 is 5.97 Å². The van der Waals surface area contributed by atoms with Crippen molar-refractivity contribution in [3.8, 4) is 12.3 Å². The Labute approximate surface area is 88.8 Å². The molecular formula is C10H14N2O3. The average Bonchev–Trinajstić information content (AvgIpc) is 2.14. The molecule has 0 heterocycles. The molecule has 0 aliphatic rings. The van der Waals surface area contributed by atoms with Gasteiger partial charge in [-0.15, -0.1) is 13.0 Å². The molecule has 0 aliphatic carbocycles. The molecule has 1 amide bonds. The minimum atomic E-state index is -1.01. The SMILES string of the molecule is C#CCN(CC(=O)O)CC(=O)NCC=C. The highest BCUT2D eigenvalue weighted by Gasteiger charge is 2.11. The van der Waals surface area contributed by atoms with E-state index in [1.807, 2.05) is 0 Å². The third-order valence-corrected chi connectivity index (χ3v) is 1.48. The minimum absolute atomic E-state index is 0.0235. The predicted octanol–water partition coefficient (Wildman–Crippen LogP) is -0.692. The summed E-state index contributed by atoms with van der Waals surface area (Å²) in [4.78, 5) is 23.0. The second-order valence-corrected chi connectivity index (χ2v) is 2.84. The first kappa shape index (κ1) is 13.2. The van der Waals surface area contributed by atoms with Crippen LogP contribution in [0.3, 0.4) is 0 Å². The van der Waals surface area contributed by atoms with E-state index in [0.717, 1.165) is 0 Å². The predicted molar refractivity (Wildman–Crippen MR) is 56.1 cm³/mol. The van der Waals surface area contributed by atoms with Crippen LogP contribution in [0.15, 0.2) is 12.7 Å². The number of aliphatic carboxylic acids is 1. The Kier molecular flexibility index (Phi) is 6.68. The topological polar surface area (TPSA) is 69.6 Å². The first-order chi connectivity index (χ1) is 7.10. The van der Waals surface area contributed by atoms with Gasteiger partial charge in [-0.1, -0.05) is 12.0 Å². The number of hydrogen-bond donors (Lipinski definition) is 2. The molecule has 5 nitrogen and oxygen atoms in total. The lowest BCUT2D eigenvalue weighted by molar-refractivity contribution is -0.138.